The van der Waals surface area contributed by atoms with E-state index in [9.17, 15) is 0 Å². The monoisotopic (exact) mass is 216 g/mol. The Hall–Kier alpha value is -1.55. The standard InChI is InChI=1S/C12H16N4/c1-15-5-7-16(8-6-15)11-4-2-3-10-12(11)14-9-13-10/h2-4,9H,5-8H2,1H3,(H,13,14). The predicted molar refractivity (Wildman–Crippen MR) is 65.8 cm³/mol. The zero-order valence-corrected chi connectivity index (χ0v) is 9.48. The van der Waals surface area contributed by atoms with Crippen molar-refractivity contribution in [2.45, 2.75) is 0 Å². The van der Waals surface area contributed by atoms with Crippen LogP contribution in [0.15, 0.2) is 24.5 Å². The molecule has 0 aliphatic carbocycles. The maximum atomic E-state index is 4.40. The zero-order valence-electron chi connectivity index (χ0n) is 9.48. The van der Waals surface area contributed by atoms with Crippen LogP contribution in [0.2, 0.25) is 0 Å². The van der Waals surface area contributed by atoms with Gasteiger partial charge in [-0.1, -0.05) is 6.07 Å². The van der Waals surface area contributed by atoms with Crippen LogP contribution in [0.3, 0.4) is 0 Å². The van der Waals surface area contributed by atoms with Gasteiger partial charge in [0.2, 0.25) is 0 Å². The maximum absolute atomic E-state index is 4.40. The highest BCUT2D eigenvalue weighted by molar-refractivity contribution is 5.88. The Balaban J connectivity index is 1.96. The van der Waals surface area contributed by atoms with Crippen LogP contribution < -0.4 is 4.90 Å². The molecule has 1 aliphatic heterocycles. The molecule has 1 saturated heterocycles. The lowest BCUT2D eigenvalue weighted by Gasteiger charge is -2.34. The number of hydrogen-bond donors (Lipinski definition) is 1. The third kappa shape index (κ3) is 1.55. The van der Waals surface area contributed by atoms with E-state index in [1.165, 1.54) is 5.69 Å². The molecule has 1 fully saturated rings. The number of fused-ring (bicyclic) bond motifs is 1. The Bertz CT molecular complexity index is 482. The van der Waals surface area contributed by atoms with Crippen LogP contribution in [-0.4, -0.2) is 48.1 Å². The number of piperazine rings is 1. The topological polar surface area (TPSA) is 35.2 Å². The number of nitrogens with zero attached hydrogens (tertiary/aromatic N) is 3. The van der Waals surface area contributed by atoms with Gasteiger partial charge in [-0.25, -0.2) is 4.98 Å². The van der Waals surface area contributed by atoms with Crippen LogP contribution in [0.1, 0.15) is 0 Å². The molecule has 0 bridgehead atoms. The fraction of sp³-hybridized carbons (Fsp3) is 0.417. The summed E-state index contributed by atoms with van der Waals surface area (Å²) in [7, 11) is 2.17. The first-order valence-electron chi connectivity index (χ1n) is 5.70. The minimum absolute atomic E-state index is 1.09. The van der Waals surface area contributed by atoms with Crippen LogP contribution >= 0.6 is 0 Å². The van der Waals surface area contributed by atoms with Crippen molar-refractivity contribution in [1.29, 1.82) is 0 Å². The molecule has 0 atom stereocenters. The van der Waals surface area contributed by atoms with Gasteiger partial charge in [-0.05, 0) is 19.2 Å². The number of imidazole rings is 1. The number of H-pyrrole nitrogens is 1. The van der Waals surface area contributed by atoms with Gasteiger partial charge in [-0.3, -0.25) is 0 Å². The van der Waals surface area contributed by atoms with Crippen molar-refractivity contribution < 1.29 is 0 Å². The number of anilines is 1. The lowest BCUT2D eigenvalue weighted by atomic mass is 10.2. The third-order valence-corrected chi connectivity index (χ3v) is 3.27. The second-order valence-electron chi connectivity index (χ2n) is 4.37. The summed E-state index contributed by atoms with van der Waals surface area (Å²) < 4.78 is 0. The highest BCUT2D eigenvalue weighted by Gasteiger charge is 2.16. The quantitative estimate of drug-likeness (QED) is 0.780. The SMILES string of the molecule is CN1CCN(c2cccc3[nH]cnc23)CC1. The molecule has 0 unspecified atom stereocenters. The van der Waals surface area contributed by atoms with Gasteiger partial charge in [-0.2, -0.15) is 0 Å². The molecule has 4 nitrogen and oxygen atoms in total. The van der Waals surface area contributed by atoms with Gasteiger partial charge in [0.25, 0.3) is 0 Å². The van der Waals surface area contributed by atoms with Crippen molar-refractivity contribution in [3.8, 4) is 0 Å². The minimum atomic E-state index is 1.09. The number of benzene rings is 1. The number of aromatic amines is 1. The Morgan fingerprint density at radius 2 is 2.00 bits per heavy atom. The largest absolute Gasteiger partial charge is 0.367 e. The number of likely N-dealkylation sites (N-methyl/N-ethyl adjacent to an activating group) is 1. The van der Waals surface area contributed by atoms with Crippen molar-refractivity contribution in [3.05, 3.63) is 24.5 Å². The highest BCUT2D eigenvalue weighted by atomic mass is 15.2. The molecule has 84 valence electrons. The van der Waals surface area contributed by atoms with E-state index < -0.39 is 0 Å². The van der Waals surface area contributed by atoms with Crippen LogP contribution in [-0.2, 0) is 0 Å². The van der Waals surface area contributed by atoms with Gasteiger partial charge in [0.15, 0.2) is 0 Å². The Kier molecular flexibility index (Phi) is 2.29. The second-order valence-corrected chi connectivity index (χ2v) is 4.37. The van der Waals surface area contributed by atoms with Gasteiger partial charge < -0.3 is 14.8 Å². The average Bonchev–Trinajstić information content (AvgIpc) is 2.78. The van der Waals surface area contributed by atoms with E-state index in [1.54, 1.807) is 6.33 Å². The number of rotatable bonds is 1. The lowest BCUT2D eigenvalue weighted by Crippen LogP contribution is -2.44. The van der Waals surface area contributed by atoms with Gasteiger partial charge in [-0.15, -0.1) is 0 Å². The molecule has 1 aromatic carbocycles. The number of aromatic nitrogens is 2. The fourth-order valence-corrected chi connectivity index (χ4v) is 2.25. The molecule has 1 N–H and O–H groups in total. The smallest absolute Gasteiger partial charge is 0.112 e. The summed E-state index contributed by atoms with van der Waals surface area (Å²) in [4.78, 5) is 12.3. The molecule has 0 spiro atoms. The molecule has 2 heterocycles. The van der Waals surface area contributed by atoms with Crippen LogP contribution in [0, 0.1) is 0 Å². The van der Waals surface area contributed by atoms with Gasteiger partial charge in [0, 0.05) is 26.2 Å². The van der Waals surface area contributed by atoms with E-state index in [-0.39, 0.29) is 0 Å². The fourth-order valence-electron chi connectivity index (χ4n) is 2.25. The van der Waals surface area contributed by atoms with Crippen LogP contribution in [0.5, 0.6) is 0 Å². The Labute approximate surface area is 94.9 Å². The van der Waals surface area contributed by atoms with E-state index in [0.717, 1.165) is 37.2 Å². The molecule has 2 aromatic rings. The zero-order chi connectivity index (χ0) is 11.0. The first-order valence-corrected chi connectivity index (χ1v) is 5.70. The maximum Gasteiger partial charge on any atom is 0.112 e. The summed E-state index contributed by atoms with van der Waals surface area (Å²) in [6, 6.07) is 6.32. The van der Waals surface area contributed by atoms with E-state index in [0.29, 0.717) is 0 Å². The average molecular weight is 216 g/mol. The molecule has 4 heteroatoms. The van der Waals surface area contributed by atoms with Gasteiger partial charge in [0.05, 0.1) is 17.5 Å². The molecule has 1 aliphatic rings. The summed E-state index contributed by atoms with van der Waals surface area (Å²) in [6.45, 7) is 4.42. The van der Waals surface area contributed by atoms with E-state index >= 15 is 0 Å². The first-order chi connectivity index (χ1) is 7.84. The van der Waals surface area contributed by atoms with E-state index in [2.05, 4.69) is 45.0 Å². The number of para-hydroxylation sites is 1. The first kappa shape index (κ1) is 9.66. The van der Waals surface area contributed by atoms with Crippen LogP contribution in [0.4, 0.5) is 5.69 Å². The molecule has 0 radical (unpaired) electrons. The normalized spacial score (nSPS) is 18.2. The third-order valence-electron chi connectivity index (χ3n) is 3.27. The van der Waals surface area contributed by atoms with Gasteiger partial charge >= 0.3 is 0 Å². The summed E-state index contributed by atoms with van der Waals surface area (Å²) in [5, 5.41) is 0. The summed E-state index contributed by atoms with van der Waals surface area (Å²) in [5.41, 5.74) is 3.47. The lowest BCUT2D eigenvalue weighted by molar-refractivity contribution is 0.313. The number of hydrogen-bond acceptors (Lipinski definition) is 3. The molecule has 3 rings (SSSR count). The van der Waals surface area contributed by atoms with Crippen molar-refractivity contribution in [1.82, 2.24) is 14.9 Å². The van der Waals surface area contributed by atoms with Crippen molar-refractivity contribution >= 4 is 16.7 Å². The number of nitrogens with one attached hydrogen (secondary N) is 1. The summed E-state index contributed by atoms with van der Waals surface area (Å²) in [6.07, 6.45) is 1.77. The predicted octanol–water partition coefficient (Wildman–Crippen LogP) is 1.31. The van der Waals surface area contributed by atoms with Crippen LogP contribution in [0.25, 0.3) is 11.0 Å². The summed E-state index contributed by atoms with van der Waals surface area (Å²) in [5.74, 6) is 0. The van der Waals surface area contributed by atoms with Crippen molar-refractivity contribution in [2.75, 3.05) is 38.1 Å². The van der Waals surface area contributed by atoms with E-state index in [4.69, 9.17) is 0 Å². The second kappa shape index (κ2) is 3.79. The van der Waals surface area contributed by atoms with E-state index in [1.807, 2.05) is 0 Å². The minimum Gasteiger partial charge on any atom is -0.367 e. The van der Waals surface area contributed by atoms with Gasteiger partial charge in [0.1, 0.15) is 5.52 Å². The molecular formula is C12H16N4. The summed E-state index contributed by atoms with van der Waals surface area (Å²) >= 11 is 0. The van der Waals surface area contributed by atoms with Crippen molar-refractivity contribution in [3.63, 3.8) is 0 Å². The highest BCUT2D eigenvalue weighted by Crippen LogP contribution is 2.24. The van der Waals surface area contributed by atoms with Crippen molar-refractivity contribution in [2.24, 2.45) is 0 Å². The Morgan fingerprint density at radius 1 is 1.19 bits per heavy atom. The Morgan fingerprint density at radius 3 is 2.81 bits per heavy atom. The molecular weight excluding hydrogens is 200 g/mol. The molecule has 0 saturated carbocycles. The molecule has 1 aromatic heterocycles. The molecule has 0 amide bonds. The molecule has 16 heavy (non-hydrogen) atoms.